The number of H-pyrrole nitrogens is 1. The SMILES string of the molecule is C[C@@H]1S[C@@H]2[C@H](NC(=O)/C(=N\OC(C)(C)C(=O)[O-])c3csc(N)n3)C(=O)N2C(C(=O)[O-])=C1C[N+]12CCC(CNC(=O)c3c[nH]c4cc(O)c(O)c(Cl)c4c3=O)(CC1)C2.[Na+]. The van der Waals surface area contributed by atoms with Crippen molar-refractivity contribution in [1.82, 2.24) is 25.5 Å². The van der Waals surface area contributed by atoms with Crippen molar-refractivity contribution in [2.45, 2.75) is 55.9 Å². The van der Waals surface area contributed by atoms with Gasteiger partial charge in [0.05, 0.1) is 53.2 Å². The van der Waals surface area contributed by atoms with Crippen LogP contribution in [0, 0.1) is 5.41 Å². The number of aromatic hydroxyl groups is 2. The van der Waals surface area contributed by atoms with E-state index in [1.165, 1.54) is 37.2 Å². The number of fused-ring (bicyclic) bond motifs is 4. The van der Waals surface area contributed by atoms with Crippen molar-refractivity contribution in [3.05, 3.63) is 55.4 Å². The van der Waals surface area contributed by atoms with Gasteiger partial charge in [-0.3, -0.25) is 24.1 Å². The first-order valence-electron chi connectivity index (χ1n) is 17.6. The standard InChI is InChI=1S/C35H37ClN8O11S2.Na/c1-14-16(10-44-6-4-35(13-44,5-7-44)12-39-27(48)15-9-38-17-8-19(45)26(47)21(36)20(17)25(15)46)24(31(51)52)43-29(50)23(30(43)57-14)41-28(49)22(18-11-56-33(37)40-18)42-55-34(2,3)32(53)54;/h8-9,11,14,23,30H,4-7,10,12-13H2,1-3H3,(H8-,37,38,39,40,41,42,45,46,47,48,49,51,52,53,54);/q;+1/p-1/t14-,23+,30+,35?,44?;/m0./s1. The molecule has 23 heteroatoms. The number of quaternary nitrogens is 1. The number of aromatic amines is 1. The van der Waals surface area contributed by atoms with Crippen molar-refractivity contribution in [2.24, 2.45) is 10.6 Å². The third kappa shape index (κ3) is 7.52. The number of β-lactam (4-membered cyclic amide) rings is 1. The molecular formula is C35H36ClN8NaO11S2. The second-order valence-corrected chi connectivity index (χ2v) is 17.9. The fourth-order valence-corrected chi connectivity index (χ4v) is 10.2. The normalized spacial score (nSPS) is 25.2. The van der Waals surface area contributed by atoms with Crippen LogP contribution in [0.4, 0.5) is 5.13 Å². The number of hydrogen-bond acceptors (Lipinski definition) is 16. The Bertz CT molecular complexity index is 2390. The third-order valence-electron chi connectivity index (χ3n) is 11.1. The summed E-state index contributed by atoms with van der Waals surface area (Å²) in [7, 11) is 0. The van der Waals surface area contributed by atoms with Crippen LogP contribution in [0.5, 0.6) is 11.5 Å². The molecule has 6 heterocycles. The van der Waals surface area contributed by atoms with Crippen molar-refractivity contribution >= 4 is 86.1 Å². The summed E-state index contributed by atoms with van der Waals surface area (Å²) >= 11 is 8.39. The van der Waals surface area contributed by atoms with Crippen LogP contribution in [0.3, 0.4) is 0 Å². The number of nitrogens with two attached hydrogens (primary N) is 1. The van der Waals surface area contributed by atoms with Gasteiger partial charge in [0.25, 0.3) is 17.7 Å². The fraction of sp³-hybridized carbons (Fsp3) is 0.429. The van der Waals surface area contributed by atoms with E-state index in [0.717, 1.165) is 22.3 Å². The van der Waals surface area contributed by atoms with Gasteiger partial charge in [-0.15, -0.1) is 23.1 Å². The number of nitrogen functional groups attached to an aromatic ring is 1. The summed E-state index contributed by atoms with van der Waals surface area (Å²) in [6.07, 6.45) is 2.62. The van der Waals surface area contributed by atoms with Gasteiger partial charge in [-0.05, 0) is 20.8 Å². The van der Waals surface area contributed by atoms with E-state index < -0.39 is 74.6 Å². The van der Waals surface area contributed by atoms with E-state index in [4.69, 9.17) is 22.2 Å². The van der Waals surface area contributed by atoms with Gasteiger partial charge < -0.3 is 60.7 Å². The fourth-order valence-electron chi connectivity index (χ4n) is 7.92. The number of rotatable bonds is 12. The molecule has 1 aromatic carbocycles. The van der Waals surface area contributed by atoms with Crippen molar-refractivity contribution in [3.8, 4) is 11.5 Å². The number of halogens is 1. The topological polar surface area (TPSA) is 293 Å². The van der Waals surface area contributed by atoms with Crippen LogP contribution >= 0.6 is 34.7 Å². The number of amides is 3. The number of carboxylic acids is 2. The van der Waals surface area contributed by atoms with Gasteiger partial charge in [-0.25, -0.2) is 4.98 Å². The number of carboxylic acid groups (broad SMARTS) is 2. The molecule has 3 saturated heterocycles. The van der Waals surface area contributed by atoms with Crippen molar-refractivity contribution in [1.29, 1.82) is 0 Å². The first-order valence-corrected chi connectivity index (χ1v) is 19.8. The molecule has 4 aliphatic rings. The molecule has 4 aliphatic heterocycles. The predicted octanol–water partition coefficient (Wildman–Crippen LogP) is -4.28. The number of anilines is 1. The zero-order chi connectivity index (χ0) is 41.4. The number of hydrogen-bond donors (Lipinski definition) is 6. The van der Waals surface area contributed by atoms with E-state index in [9.17, 15) is 49.2 Å². The van der Waals surface area contributed by atoms with Crippen molar-refractivity contribution < 1.29 is 83.3 Å². The molecule has 3 fully saturated rings. The van der Waals surface area contributed by atoms with E-state index in [0.29, 0.717) is 49.1 Å². The Hall–Kier alpha value is -4.38. The maximum Gasteiger partial charge on any atom is 1.00 e. The van der Waals surface area contributed by atoms with Crippen LogP contribution in [-0.2, 0) is 24.0 Å². The number of nitrogens with zero attached hydrogens (tertiary/aromatic N) is 4. The molecule has 7 N–H and O–H groups in total. The molecule has 19 nitrogen and oxygen atoms in total. The van der Waals surface area contributed by atoms with Gasteiger partial charge in [-0.1, -0.05) is 16.8 Å². The Kier molecular flexibility index (Phi) is 11.7. The number of carbonyl (C=O) groups is 5. The van der Waals surface area contributed by atoms with Crippen molar-refractivity contribution in [3.63, 3.8) is 0 Å². The maximum atomic E-state index is 13.6. The van der Waals surface area contributed by atoms with Crippen LogP contribution in [0.25, 0.3) is 10.9 Å². The van der Waals surface area contributed by atoms with Crippen LogP contribution < -0.4 is 61.6 Å². The van der Waals surface area contributed by atoms with E-state index in [2.05, 4.69) is 25.8 Å². The Morgan fingerprint density at radius 3 is 2.53 bits per heavy atom. The largest absolute Gasteiger partial charge is 1.00 e. The van der Waals surface area contributed by atoms with E-state index >= 15 is 0 Å². The molecule has 0 aliphatic carbocycles. The molecule has 2 aromatic heterocycles. The molecule has 7 rings (SSSR count). The number of piperidine rings is 1. The molecule has 3 aromatic rings. The molecule has 3 atom stereocenters. The summed E-state index contributed by atoms with van der Waals surface area (Å²) in [6.45, 7) is 6.61. The second-order valence-electron chi connectivity index (χ2n) is 15.2. The predicted molar refractivity (Wildman–Crippen MR) is 202 cm³/mol. The first-order chi connectivity index (χ1) is 26.8. The number of thiazole rings is 1. The average Bonchev–Trinajstić information content (AvgIpc) is 3.86. The number of carbonyl (C=O) groups excluding carboxylic acids is 5. The second kappa shape index (κ2) is 15.7. The van der Waals surface area contributed by atoms with E-state index in [-0.39, 0.29) is 79.5 Å². The Morgan fingerprint density at radius 1 is 1.22 bits per heavy atom. The monoisotopic (exact) mass is 866 g/mol. The average molecular weight is 867 g/mol. The summed E-state index contributed by atoms with van der Waals surface area (Å²) in [4.78, 5) is 90.8. The van der Waals surface area contributed by atoms with E-state index in [1.807, 2.05) is 6.92 Å². The molecule has 2 bridgehead atoms. The van der Waals surface area contributed by atoms with Gasteiger partial charge in [0.15, 0.2) is 27.9 Å². The van der Waals surface area contributed by atoms with Gasteiger partial charge >= 0.3 is 29.6 Å². The molecule has 0 spiro atoms. The van der Waals surface area contributed by atoms with Gasteiger partial charge in [0.1, 0.15) is 29.2 Å². The van der Waals surface area contributed by atoms with Crippen LogP contribution in [0.15, 0.2) is 38.9 Å². The first kappa shape index (κ1) is 43.2. The summed E-state index contributed by atoms with van der Waals surface area (Å²) in [6, 6.07) is -0.0490. The van der Waals surface area contributed by atoms with Crippen LogP contribution in [-0.4, -0.2) is 120 Å². The zero-order valence-electron chi connectivity index (χ0n) is 31.5. The number of benzene rings is 1. The summed E-state index contributed by atoms with van der Waals surface area (Å²) < 4.78 is 0.507. The minimum atomic E-state index is -1.92. The molecule has 0 unspecified atom stereocenters. The number of aromatic nitrogens is 2. The number of pyridine rings is 1. The number of oxime groups is 1. The molecule has 302 valence electrons. The zero-order valence-corrected chi connectivity index (χ0v) is 35.9. The van der Waals surface area contributed by atoms with Crippen molar-refractivity contribution in [2.75, 3.05) is 38.5 Å². The van der Waals surface area contributed by atoms with Crippen LogP contribution in [0.2, 0.25) is 5.02 Å². The minimum absolute atomic E-state index is 0. The number of thioether (sulfide) groups is 1. The van der Waals surface area contributed by atoms with Crippen LogP contribution in [0.1, 0.15) is 49.7 Å². The Morgan fingerprint density at radius 2 is 1.91 bits per heavy atom. The molecule has 0 saturated carbocycles. The third-order valence-corrected chi connectivity index (χ3v) is 13.6. The number of aliphatic carboxylic acids is 2. The molecule has 0 radical (unpaired) electrons. The van der Waals surface area contributed by atoms with E-state index in [1.54, 1.807) is 0 Å². The quantitative estimate of drug-likeness (QED) is 0.0251. The number of phenols is 2. The maximum absolute atomic E-state index is 13.6. The Balaban J connectivity index is 0.00000567. The molecule has 3 amide bonds. The number of nitrogens with one attached hydrogen (secondary N) is 3. The summed E-state index contributed by atoms with van der Waals surface area (Å²) in [5.41, 5.74) is 2.40. The smallest absolute Gasteiger partial charge is 0.546 e. The van der Waals surface area contributed by atoms with Gasteiger partial charge in [0.2, 0.25) is 5.43 Å². The Labute approximate surface area is 364 Å². The minimum Gasteiger partial charge on any atom is -0.546 e. The van der Waals surface area contributed by atoms with Gasteiger partial charge in [0, 0.05) is 53.3 Å². The number of phenolic OH excluding ortho intramolecular Hbond substituents is 2. The summed E-state index contributed by atoms with van der Waals surface area (Å²) in [5.74, 6) is -6.64. The van der Waals surface area contributed by atoms with Gasteiger partial charge in [-0.2, -0.15) is 0 Å². The summed E-state index contributed by atoms with van der Waals surface area (Å²) in [5, 5.41) is 53.0. The molecule has 58 heavy (non-hydrogen) atoms. The molecular weight excluding hydrogens is 831 g/mol.